The molecule has 0 heterocycles. The summed E-state index contributed by atoms with van der Waals surface area (Å²) < 4.78 is 31.2. The van der Waals surface area contributed by atoms with Gasteiger partial charge in [0.1, 0.15) is 0 Å². The van der Waals surface area contributed by atoms with Gasteiger partial charge in [-0.2, -0.15) is 8.42 Å². The zero-order valence-electron chi connectivity index (χ0n) is 10.7. The third kappa shape index (κ3) is 2.14. The van der Waals surface area contributed by atoms with E-state index in [1.807, 2.05) is 6.92 Å². The topological polar surface area (TPSA) is 66.7 Å². The fourth-order valence-electron chi connectivity index (χ4n) is 3.16. The van der Waals surface area contributed by atoms with Crippen LogP contribution in [0.4, 0.5) is 0 Å². The minimum Gasteiger partial charge on any atom is -0.290 e. The molecule has 0 spiro atoms. The van der Waals surface area contributed by atoms with Crippen molar-refractivity contribution in [3.8, 4) is 0 Å². The maximum absolute atomic E-state index is 11.1. The van der Waals surface area contributed by atoms with E-state index < -0.39 is 10.1 Å². The first-order valence-electron chi connectivity index (χ1n) is 6.58. The van der Waals surface area contributed by atoms with Crippen molar-refractivity contribution in [2.75, 3.05) is 0 Å². The molecule has 3 aliphatic carbocycles. The summed E-state index contributed by atoms with van der Waals surface area (Å²) in [6, 6.07) is 0.176. The van der Waals surface area contributed by atoms with Gasteiger partial charge in [-0.3, -0.25) is 9.55 Å². The van der Waals surface area contributed by atoms with E-state index in [1.54, 1.807) is 6.08 Å². The summed E-state index contributed by atoms with van der Waals surface area (Å²) in [6.45, 7) is 4.11. The molecule has 3 rings (SSSR count). The predicted octanol–water partition coefficient (Wildman–Crippen LogP) is 2.28. The smallest absolute Gasteiger partial charge is 0.290 e. The van der Waals surface area contributed by atoms with Crippen LogP contribution in [-0.4, -0.2) is 24.7 Å². The molecule has 0 radical (unpaired) electrons. The maximum atomic E-state index is 11.1. The van der Waals surface area contributed by atoms with E-state index in [1.165, 1.54) is 12.1 Å². The second-order valence-corrected chi connectivity index (χ2v) is 7.46. The van der Waals surface area contributed by atoms with Crippen molar-refractivity contribution in [2.24, 2.45) is 28.7 Å². The van der Waals surface area contributed by atoms with Gasteiger partial charge in [0.25, 0.3) is 10.1 Å². The largest absolute Gasteiger partial charge is 0.290 e. The lowest BCUT2D eigenvalue weighted by Gasteiger charge is -2.25. The number of allylic oxidation sites excluding steroid dienone is 1. The summed E-state index contributed by atoms with van der Waals surface area (Å²) in [5.41, 5.74) is 1.25. The maximum Gasteiger partial charge on any atom is 0.290 e. The molecule has 0 aromatic heterocycles. The molecule has 2 unspecified atom stereocenters. The number of rotatable bonds is 3. The molecular weight excluding hydrogens is 250 g/mol. The molecule has 100 valence electrons. The molecule has 3 aliphatic rings. The Balaban J connectivity index is 1.70. The van der Waals surface area contributed by atoms with Gasteiger partial charge < -0.3 is 0 Å². The van der Waals surface area contributed by atoms with E-state index >= 15 is 0 Å². The Morgan fingerprint density at radius 1 is 1.44 bits per heavy atom. The van der Waals surface area contributed by atoms with Crippen LogP contribution in [0.3, 0.4) is 0 Å². The Labute approximate surface area is 108 Å². The third-order valence-corrected chi connectivity index (χ3v) is 5.62. The van der Waals surface area contributed by atoms with Crippen molar-refractivity contribution in [3.63, 3.8) is 0 Å². The van der Waals surface area contributed by atoms with Crippen LogP contribution >= 0.6 is 0 Å². The molecule has 0 saturated heterocycles. The number of hydrogen-bond acceptors (Lipinski definition) is 3. The van der Waals surface area contributed by atoms with E-state index in [0.717, 1.165) is 17.8 Å². The minimum atomic E-state index is -4.00. The van der Waals surface area contributed by atoms with Crippen LogP contribution in [0.5, 0.6) is 0 Å². The molecule has 1 N–H and O–H groups in total. The van der Waals surface area contributed by atoms with E-state index in [0.29, 0.717) is 12.8 Å². The summed E-state index contributed by atoms with van der Waals surface area (Å²) in [6.07, 6.45) is 4.03. The molecule has 0 aromatic carbocycles. The lowest BCUT2D eigenvalue weighted by Crippen LogP contribution is -2.24. The highest BCUT2D eigenvalue weighted by Gasteiger charge is 2.65. The lowest BCUT2D eigenvalue weighted by molar-refractivity contribution is 0.429. The summed E-state index contributed by atoms with van der Waals surface area (Å²) in [5, 5.41) is 0. The highest BCUT2D eigenvalue weighted by molar-refractivity contribution is 7.89. The Kier molecular flexibility index (Phi) is 2.68. The van der Waals surface area contributed by atoms with Gasteiger partial charge in [0.05, 0.1) is 10.9 Å². The Bertz CT molecular complexity index is 526. The predicted molar refractivity (Wildman–Crippen MR) is 70.0 cm³/mol. The van der Waals surface area contributed by atoms with Crippen molar-refractivity contribution in [1.29, 1.82) is 0 Å². The normalized spacial score (nSPS) is 43.2. The quantitative estimate of drug-likeness (QED) is 0.631. The number of aliphatic imine (C=N–C) groups is 1. The van der Waals surface area contributed by atoms with Crippen LogP contribution in [0.15, 0.2) is 16.0 Å². The fraction of sp³-hybridized carbons (Fsp3) is 0.769. The second kappa shape index (κ2) is 3.90. The highest BCUT2D eigenvalue weighted by atomic mass is 32.2. The molecule has 5 heteroatoms. The van der Waals surface area contributed by atoms with Crippen LogP contribution in [0.1, 0.15) is 33.1 Å². The Morgan fingerprint density at radius 2 is 2.11 bits per heavy atom. The third-order valence-electron chi connectivity index (χ3n) is 4.62. The molecule has 0 bridgehead atoms. The van der Waals surface area contributed by atoms with Gasteiger partial charge in [-0.1, -0.05) is 13.0 Å². The van der Waals surface area contributed by atoms with E-state index in [9.17, 15) is 8.42 Å². The van der Waals surface area contributed by atoms with Crippen molar-refractivity contribution >= 4 is 15.8 Å². The van der Waals surface area contributed by atoms with Gasteiger partial charge in [-0.15, -0.1) is 0 Å². The molecule has 0 aliphatic heterocycles. The highest BCUT2D eigenvalue weighted by Crippen LogP contribution is 2.68. The van der Waals surface area contributed by atoms with Crippen LogP contribution in [0.25, 0.3) is 0 Å². The van der Waals surface area contributed by atoms with Gasteiger partial charge >= 0.3 is 0 Å². The first-order valence-corrected chi connectivity index (χ1v) is 8.02. The van der Waals surface area contributed by atoms with Crippen molar-refractivity contribution in [2.45, 2.75) is 39.2 Å². The van der Waals surface area contributed by atoms with Crippen LogP contribution in [0.2, 0.25) is 0 Å². The Morgan fingerprint density at radius 3 is 2.56 bits per heavy atom. The van der Waals surface area contributed by atoms with Crippen LogP contribution in [-0.2, 0) is 10.1 Å². The lowest BCUT2D eigenvalue weighted by atomic mass is 9.90. The summed E-state index contributed by atoms with van der Waals surface area (Å²) in [4.78, 5) is 4.93. The number of nitrogens with zero attached hydrogens (tertiary/aromatic N) is 1. The zero-order valence-corrected chi connectivity index (χ0v) is 11.5. The molecule has 0 aromatic rings. The van der Waals surface area contributed by atoms with E-state index in [-0.39, 0.29) is 16.9 Å². The monoisotopic (exact) mass is 269 g/mol. The SMILES string of the molecule is CC(=N[C@@H]1CC=C(S(=O)(=O)O)C[C@@H]1C)C1C2C[C@@H]21. The zero-order chi connectivity index (χ0) is 13.1. The average Bonchev–Trinajstić information content (AvgIpc) is 3.08. The van der Waals surface area contributed by atoms with Gasteiger partial charge in [-0.05, 0) is 43.9 Å². The standard InChI is InChI=1S/C13H19NO3S/c1-7-5-9(18(15,16)17)3-4-12(7)14-8(2)13-10-6-11(10)13/h3,7,10-13H,4-6H2,1-2H3,(H,15,16,17)/t7-,10-,11?,12+,13?/m0/s1. The first-order chi connectivity index (χ1) is 8.38. The Hall–Kier alpha value is -0.680. The molecule has 0 amide bonds. The van der Waals surface area contributed by atoms with Crippen molar-refractivity contribution < 1.29 is 13.0 Å². The first kappa shape index (κ1) is 12.4. The molecule has 4 nitrogen and oxygen atoms in total. The average molecular weight is 269 g/mol. The summed E-state index contributed by atoms with van der Waals surface area (Å²) in [7, 11) is -4.00. The number of fused-ring (bicyclic) bond motifs is 1. The summed E-state index contributed by atoms with van der Waals surface area (Å²) in [5.74, 6) is 2.73. The summed E-state index contributed by atoms with van der Waals surface area (Å²) >= 11 is 0. The second-order valence-electron chi connectivity index (χ2n) is 5.99. The van der Waals surface area contributed by atoms with E-state index in [4.69, 9.17) is 9.55 Å². The van der Waals surface area contributed by atoms with Gasteiger partial charge in [0, 0.05) is 11.6 Å². The minimum absolute atomic E-state index is 0.161. The fourth-order valence-corrected chi connectivity index (χ4v) is 3.94. The molecule has 2 saturated carbocycles. The van der Waals surface area contributed by atoms with Gasteiger partial charge in [-0.25, -0.2) is 0 Å². The molecule has 2 fully saturated rings. The molecule has 5 atom stereocenters. The number of hydrogen-bond donors (Lipinski definition) is 1. The van der Waals surface area contributed by atoms with Gasteiger partial charge in [0.2, 0.25) is 0 Å². The van der Waals surface area contributed by atoms with Crippen LogP contribution < -0.4 is 0 Å². The van der Waals surface area contributed by atoms with Crippen molar-refractivity contribution in [1.82, 2.24) is 0 Å². The van der Waals surface area contributed by atoms with E-state index in [2.05, 4.69) is 6.92 Å². The van der Waals surface area contributed by atoms with Crippen molar-refractivity contribution in [3.05, 3.63) is 11.0 Å². The molecule has 18 heavy (non-hydrogen) atoms. The van der Waals surface area contributed by atoms with Gasteiger partial charge in [0.15, 0.2) is 0 Å². The van der Waals surface area contributed by atoms with Crippen LogP contribution in [0, 0.1) is 23.7 Å². The molecular formula is C13H19NO3S.